The Labute approximate surface area is 172 Å². The van der Waals surface area contributed by atoms with E-state index in [2.05, 4.69) is 10.4 Å². The number of hydrogen-bond donors (Lipinski definition) is 1. The number of rotatable bonds is 2. The number of benzene rings is 1. The second kappa shape index (κ2) is 8.76. The number of aromatic nitrogens is 2. The average Bonchev–Trinajstić information content (AvgIpc) is 3.32. The SMILES string of the molecule is CC.C[C@H]1Cn2ncc(N3CCCC3=O)c2CN1C(=O)Nc1cc(F)c(F)c(F)c1. The highest BCUT2D eigenvalue weighted by Gasteiger charge is 2.33. The molecule has 0 saturated carbocycles. The zero-order chi connectivity index (χ0) is 22.0. The van der Waals surface area contributed by atoms with Crippen LogP contribution in [-0.2, 0) is 17.9 Å². The molecule has 3 amide bonds. The molecule has 1 N–H and O–H groups in total. The van der Waals surface area contributed by atoms with E-state index < -0.39 is 23.5 Å². The Balaban J connectivity index is 0.00000124. The number of hydrogen-bond acceptors (Lipinski definition) is 3. The lowest BCUT2D eigenvalue weighted by atomic mass is 10.2. The van der Waals surface area contributed by atoms with Gasteiger partial charge < -0.3 is 15.1 Å². The number of urea groups is 1. The number of nitrogens with one attached hydrogen (secondary N) is 1. The van der Waals surface area contributed by atoms with Crippen LogP contribution in [0.5, 0.6) is 0 Å². The summed E-state index contributed by atoms with van der Waals surface area (Å²) in [5.41, 5.74) is 1.22. The second-order valence-corrected chi connectivity index (χ2v) is 6.97. The van der Waals surface area contributed by atoms with Crippen molar-refractivity contribution in [3.63, 3.8) is 0 Å². The lowest BCUT2D eigenvalue weighted by Crippen LogP contribution is -2.47. The maximum atomic E-state index is 13.4. The smallest absolute Gasteiger partial charge is 0.314 e. The van der Waals surface area contributed by atoms with Crippen molar-refractivity contribution in [2.75, 3.05) is 16.8 Å². The van der Waals surface area contributed by atoms with Crippen molar-refractivity contribution in [2.24, 2.45) is 0 Å². The normalized spacial score (nSPS) is 18.1. The van der Waals surface area contributed by atoms with Crippen molar-refractivity contribution in [3.05, 3.63) is 41.5 Å². The molecule has 7 nitrogen and oxygen atoms in total. The fourth-order valence-electron chi connectivity index (χ4n) is 3.61. The summed E-state index contributed by atoms with van der Waals surface area (Å²) in [6.07, 6.45) is 2.87. The molecule has 0 aliphatic carbocycles. The zero-order valence-corrected chi connectivity index (χ0v) is 17.1. The van der Waals surface area contributed by atoms with Gasteiger partial charge in [0.05, 0.1) is 36.7 Å². The van der Waals surface area contributed by atoms with Gasteiger partial charge in [-0.1, -0.05) is 13.8 Å². The quantitative estimate of drug-likeness (QED) is 0.745. The molecular formula is C20H24F3N5O2. The van der Waals surface area contributed by atoms with Gasteiger partial charge in [-0.2, -0.15) is 5.10 Å². The number of carbonyl (C=O) groups is 2. The van der Waals surface area contributed by atoms with Crippen molar-refractivity contribution in [3.8, 4) is 0 Å². The molecule has 0 radical (unpaired) electrons. The van der Waals surface area contributed by atoms with Gasteiger partial charge in [-0.05, 0) is 13.3 Å². The van der Waals surface area contributed by atoms with Crippen LogP contribution in [0.1, 0.15) is 39.3 Å². The summed E-state index contributed by atoms with van der Waals surface area (Å²) in [4.78, 5) is 27.9. The van der Waals surface area contributed by atoms with Crippen LogP contribution in [0.3, 0.4) is 0 Å². The van der Waals surface area contributed by atoms with Gasteiger partial charge in [0.2, 0.25) is 5.91 Å². The molecule has 10 heteroatoms. The first-order valence-electron chi connectivity index (χ1n) is 9.92. The molecule has 1 saturated heterocycles. The molecule has 1 aromatic heterocycles. The average molecular weight is 423 g/mol. The lowest BCUT2D eigenvalue weighted by molar-refractivity contribution is -0.117. The van der Waals surface area contributed by atoms with Gasteiger partial charge in [0.1, 0.15) is 0 Å². The van der Waals surface area contributed by atoms with Gasteiger partial charge in [-0.15, -0.1) is 0 Å². The third-order valence-electron chi connectivity index (χ3n) is 5.08. The first-order chi connectivity index (χ1) is 14.3. The molecule has 3 heterocycles. The van der Waals surface area contributed by atoms with Crippen molar-refractivity contribution in [2.45, 2.75) is 52.7 Å². The highest BCUT2D eigenvalue weighted by atomic mass is 19.2. The highest BCUT2D eigenvalue weighted by Crippen LogP contribution is 2.30. The maximum Gasteiger partial charge on any atom is 0.322 e. The minimum atomic E-state index is -1.59. The number of anilines is 2. The van der Waals surface area contributed by atoms with E-state index in [4.69, 9.17) is 0 Å². The Morgan fingerprint density at radius 1 is 1.20 bits per heavy atom. The van der Waals surface area contributed by atoms with Crippen LogP contribution in [0.25, 0.3) is 0 Å². The van der Waals surface area contributed by atoms with Crippen LogP contribution in [0.2, 0.25) is 0 Å². The Morgan fingerprint density at radius 3 is 2.47 bits per heavy atom. The summed E-state index contributed by atoms with van der Waals surface area (Å²) < 4.78 is 41.7. The van der Waals surface area contributed by atoms with E-state index in [0.29, 0.717) is 25.2 Å². The van der Waals surface area contributed by atoms with Gasteiger partial charge in [-0.25, -0.2) is 18.0 Å². The van der Waals surface area contributed by atoms with Crippen LogP contribution in [0.15, 0.2) is 18.3 Å². The van der Waals surface area contributed by atoms with E-state index in [9.17, 15) is 22.8 Å². The Hall–Kier alpha value is -3.04. The van der Waals surface area contributed by atoms with Crippen LogP contribution in [0, 0.1) is 17.5 Å². The zero-order valence-electron chi connectivity index (χ0n) is 17.1. The fourth-order valence-corrected chi connectivity index (χ4v) is 3.61. The van der Waals surface area contributed by atoms with E-state index in [-0.39, 0.29) is 24.2 Å². The predicted octanol–water partition coefficient (Wildman–Crippen LogP) is 3.89. The van der Waals surface area contributed by atoms with E-state index in [0.717, 1.165) is 24.2 Å². The third kappa shape index (κ3) is 3.99. The van der Waals surface area contributed by atoms with E-state index in [1.54, 1.807) is 15.8 Å². The van der Waals surface area contributed by atoms with Gasteiger partial charge in [0.25, 0.3) is 0 Å². The lowest BCUT2D eigenvalue weighted by Gasteiger charge is -2.35. The van der Waals surface area contributed by atoms with Crippen LogP contribution in [-0.4, -0.2) is 39.2 Å². The summed E-state index contributed by atoms with van der Waals surface area (Å²) in [7, 11) is 0. The molecule has 0 unspecified atom stereocenters. The Kier molecular flexibility index (Phi) is 6.33. The molecule has 2 aromatic rings. The maximum absolute atomic E-state index is 13.4. The van der Waals surface area contributed by atoms with E-state index in [1.807, 2.05) is 20.8 Å². The van der Waals surface area contributed by atoms with Crippen LogP contribution < -0.4 is 10.2 Å². The van der Waals surface area contributed by atoms with E-state index in [1.165, 1.54) is 4.90 Å². The standard InChI is InChI=1S/C18H18F3N5O2.C2H6/c1-10-8-26-15(14(7-22-26)24-4-2-3-16(24)27)9-25(10)18(28)23-11-5-12(19)17(21)13(20)6-11;1-2/h5-7,10H,2-4,8-9H2,1H3,(H,23,28);1-2H3/t10-;/m0./s1. The molecule has 162 valence electrons. The first kappa shape index (κ1) is 21.7. The third-order valence-corrected chi connectivity index (χ3v) is 5.08. The van der Waals surface area contributed by atoms with Crippen molar-refractivity contribution < 1.29 is 22.8 Å². The predicted molar refractivity (Wildman–Crippen MR) is 106 cm³/mol. The molecule has 2 aliphatic rings. The van der Waals surface area contributed by atoms with Gasteiger partial charge >= 0.3 is 6.03 Å². The van der Waals surface area contributed by atoms with Crippen LogP contribution >= 0.6 is 0 Å². The fraction of sp³-hybridized carbons (Fsp3) is 0.450. The molecule has 1 fully saturated rings. The summed E-state index contributed by atoms with van der Waals surface area (Å²) in [5.74, 6) is -4.33. The number of nitrogens with zero attached hydrogens (tertiary/aromatic N) is 4. The molecule has 2 aliphatic heterocycles. The molecule has 4 rings (SSSR count). The highest BCUT2D eigenvalue weighted by molar-refractivity contribution is 5.96. The molecule has 0 spiro atoms. The molecule has 1 atom stereocenters. The summed E-state index contributed by atoms with van der Waals surface area (Å²) in [6.45, 7) is 7.01. The van der Waals surface area contributed by atoms with Gasteiger partial charge in [-0.3, -0.25) is 9.48 Å². The molecule has 1 aromatic carbocycles. The number of amides is 3. The summed E-state index contributed by atoms with van der Waals surface area (Å²) >= 11 is 0. The minimum absolute atomic E-state index is 0.0164. The first-order valence-corrected chi connectivity index (χ1v) is 9.92. The van der Waals surface area contributed by atoms with Gasteiger partial charge in [0.15, 0.2) is 17.5 Å². The monoisotopic (exact) mass is 423 g/mol. The largest absolute Gasteiger partial charge is 0.322 e. The number of fused-ring (bicyclic) bond motifs is 1. The second-order valence-electron chi connectivity index (χ2n) is 6.97. The Morgan fingerprint density at radius 2 is 1.87 bits per heavy atom. The van der Waals surface area contributed by atoms with E-state index >= 15 is 0 Å². The minimum Gasteiger partial charge on any atom is -0.314 e. The van der Waals surface area contributed by atoms with Crippen molar-refractivity contribution in [1.82, 2.24) is 14.7 Å². The number of carbonyl (C=O) groups excluding carboxylic acids is 2. The van der Waals surface area contributed by atoms with Crippen molar-refractivity contribution >= 4 is 23.3 Å². The molecule has 0 bridgehead atoms. The topological polar surface area (TPSA) is 70.5 Å². The van der Waals surface area contributed by atoms with Crippen LogP contribution in [0.4, 0.5) is 29.3 Å². The molecule has 30 heavy (non-hydrogen) atoms. The van der Waals surface area contributed by atoms with Gasteiger partial charge in [0, 0.05) is 30.8 Å². The molecular weight excluding hydrogens is 399 g/mol. The summed E-state index contributed by atoms with van der Waals surface area (Å²) in [6, 6.07) is 0.626. The summed E-state index contributed by atoms with van der Waals surface area (Å²) in [5, 5.41) is 6.72. The number of halogens is 3. The van der Waals surface area contributed by atoms with Crippen molar-refractivity contribution in [1.29, 1.82) is 0 Å². The Bertz CT molecular complexity index is 939.